The van der Waals surface area contributed by atoms with Crippen molar-refractivity contribution in [2.75, 3.05) is 23.3 Å². The predicted octanol–water partition coefficient (Wildman–Crippen LogP) is 4.01. The third-order valence-electron chi connectivity index (χ3n) is 5.59. The van der Waals surface area contributed by atoms with Gasteiger partial charge in [-0.25, -0.2) is 0 Å². The number of carbonyl (C=O) groups excluding carboxylic acids is 1. The molecule has 3 aromatic rings. The van der Waals surface area contributed by atoms with Gasteiger partial charge >= 0.3 is 0 Å². The molecule has 4 rings (SSSR count). The van der Waals surface area contributed by atoms with Crippen LogP contribution >= 0.6 is 0 Å². The van der Waals surface area contributed by atoms with Crippen molar-refractivity contribution in [3.63, 3.8) is 0 Å². The fourth-order valence-electron chi connectivity index (χ4n) is 3.68. The monoisotopic (exact) mass is 387 g/mol. The number of piperidine rings is 1. The van der Waals surface area contributed by atoms with Crippen LogP contribution in [0.15, 0.2) is 54.9 Å². The van der Waals surface area contributed by atoms with Crippen molar-refractivity contribution in [3.8, 4) is 11.3 Å². The lowest BCUT2D eigenvalue weighted by atomic mass is 9.96. The van der Waals surface area contributed by atoms with Crippen LogP contribution in [0.5, 0.6) is 0 Å². The highest BCUT2D eigenvalue weighted by Gasteiger charge is 2.27. The van der Waals surface area contributed by atoms with Gasteiger partial charge in [-0.2, -0.15) is 0 Å². The van der Waals surface area contributed by atoms with Gasteiger partial charge in [0.05, 0.1) is 11.6 Å². The standard InChI is InChI=1S/C23H25N5O/c1-16-6-3-9-20(17(16)2)25-23(29)19-8-5-13-28(15-19)22-11-10-21(26-27-22)18-7-4-12-24-14-18/h3-4,6-7,9-12,14,19H,5,8,13,15H2,1-2H3,(H,25,29). The Labute approximate surface area is 171 Å². The molecule has 2 aromatic heterocycles. The van der Waals surface area contributed by atoms with E-state index in [1.807, 2.05) is 43.3 Å². The Morgan fingerprint density at radius 1 is 1.10 bits per heavy atom. The number of pyridine rings is 1. The number of amides is 1. The fraction of sp³-hybridized carbons (Fsp3) is 0.304. The average molecular weight is 387 g/mol. The maximum Gasteiger partial charge on any atom is 0.229 e. The Kier molecular flexibility index (Phi) is 5.51. The molecule has 1 atom stereocenters. The largest absolute Gasteiger partial charge is 0.354 e. The fourth-order valence-corrected chi connectivity index (χ4v) is 3.68. The third-order valence-corrected chi connectivity index (χ3v) is 5.59. The number of aryl methyl sites for hydroxylation is 1. The molecule has 0 bridgehead atoms. The molecule has 1 unspecified atom stereocenters. The van der Waals surface area contributed by atoms with Gasteiger partial charge < -0.3 is 10.2 Å². The van der Waals surface area contributed by atoms with Crippen molar-refractivity contribution in [2.24, 2.45) is 5.92 Å². The zero-order chi connectivity index (χ0) is 20.2. The summed E-state index contributed by atoms with van der Waals surface area (Å²) in [6, 6.07) is 13.8. The number of carbonyl (C=O) groups is 1. The molecule has 0 aliphatic carbocycles. The predicted molar refractivity (Wildman–Crippen MR) is 115 cm³/mol. The van der Waals surface area contributed by atoms with Crippen LogP contribution in [-0.2, 0) is 4.79 Å². The Balaban J connectivity index is 1.44. The van der Waals surface area contributed by atoms with Crippen LogP contribution in [0.2, 0.25) is 0 Å². The van der Waals surface area contributed by atoms with Gasteiger partial charge in [-0.15, -0.1) is 10.2 Å². The molecule has 1 saturated heterocycles. The van der Waals surface area contributed by atoms with Crippen molar-refractivity contribution in [1.82, 2.24) is 15.2 Å². The minimum atomic E-state index is -0.0662. The quantitative estimate of drug-likeness (QED) is 0.732. The lowest BCUT2D eigenvalue weighted by Gasteiger charge is -2.32. The molecule has 1 fully saturated rings. The SMILES string of the molecule is Cc1cccc(NC(=O)C2CCCN(c3ccc(-c4cccnc4)nn3)C2)c1C. The molecular formula is C23H25N5O. The molecule has 29 heavy (non-hydrogen) atoms. The summed E-state index contributed by atoms with van der Waals surface area (Å²) in [6.07, 6.45) is 5.35. The van der Waals surface area contributed by atoms with Crippen LogP contribution < -0.4 is 10.2 Å². The Morgan fingerprint density at radius 2 is 2.00 bits per heavy atom. The second-order valence-corrected chi connectivity index (χ2v) is 7.54. The van der Waals surface area contributed by atoms with Crippen LogP contribution in [0.4, 0.5) is 11.5 Å². The smallest absolute Gasteiger partial charge is 0.229 e. The average Bonchev–Trinajstić information content (AvgIpc) is 2.78. The van der Waals surface area contributed by atoms with E-state index in [0.29, 0.717) is 6.54 Å². The molecule has 6 nitrogen and oxygen atoms in total. The summed E-state index contributed by atoms with van der Waals surface area (Å²) in [6.45, 7) is 5.63. The first-order chi connectivity index (χ1) is 14.1. The van der Waals surface area contributed by atoms with Crippen molar-refractivity contribution in [3.05, 3.63) is 66.0 Å². The summed E-state index contributed by atoms with van der Waals surface area (Å²) in [5.74, 6) is 0.814. The van der Waals surface area contributed by atoms with Gasteiger partial charge in [0.15, 0.2) is 5.82 Å². The Morgan fingerprint density at radius 3 is 2.76 bits per heavy atom. The number of hydrogen-bond acceptors (Lipinski definition) is 5. The van der Waals surface area contributed by atoms with Crippen LogP contribution in [0.3, 0.4) is 0 Å². The molecule has 3 heterocycles. The van der Waals surface area contributed by atoms with Gasteiger partial charge in [-0.05, 0) is 68.1 Å². The van der Waals surface area contributed by atoms with Crippen molar-refractivity contribution >= 4 is 17.4 Å². The molecule has 6 heteroatoms. The molecule has 1 aromatic carbocycles. The second-order valence-electron chi connectivity index (χ2n) is 7.54. The van der Waals surface area contributed by atoms with Crippen LogP contribution in [-0.4, -0.2) is 34.2 Å². The van der Waals surface area contributed by atoms with Crippen molar-refractivity contribution < 1.29 is 4.79 Å². The van der Waals surface area contributed by atoms with E-state index < -0.39 is 0 Å². The van der Waals surface area contributed by atoms with Gasteiger partial charge in [0.1, 0.15) is 0 Å². The first-order valence-electron chi connectivity index (χ1n) is 9.98. The molecule has 0 radical (unpaired) electrons. The summed E-state index contributed by atoms with van der Waals surface area (Å²) < 4.78 is 0. The van der Waals surface area contributed by atoms with Gasteiger partial charge in [-0.1, -0.05) is 12.1 Å². The lowest BCUT2D eigenvalue weighted by Crippen LogP contribution is -2.41. The molecule has 148 valence electrons. The number of nitrogens with zero attached hydrogens (tertiary/aromatic N) is 4. The summed E-state index contributed by atoms with van der Waals surface area (Å²) in [7, 11) is 0. The van der Waals surface area contributed by atoms with E-state index in [4.69, 9.17) is 0 Å². The van der Waals surface area contributed by atoms with Gasteiger partial charge in [-0.3, -0.25) is 9.78 Å². The summed E-state index contributed by atoms with van der Waals surface area (Å²) in [5, 5.41) is 11.9. The number of nitrogens with one attached hydrogen (secondary N) is 1. The zero-order valence-electron chi connectivity index (χ0n) is 16.8. The van der Waals surface area contributed by atoms with Crippen molar-refractivity contribution in [2.45, 2.75) is 26.7 Å². The maximum atomic E-state index is 12.9. The summed E-state index contributed by atoms with van der Waals surface area (Å²) >= 11 is 0. The van der Waals surface area contributed by atoms with Crippen LogP contribution in [0.25, 0.3) is 11.3 Å². The van der Waals surface area contributed by atoms with E-state index in [2.05, 4.69) is 38.4 Å². The highest BCUT2D eigenvalue weighted by Crippen LogP contribution is 2.25. The van der Waals surface area contributed by atoms with E-state index in [1.54, 1.807) is 12.4 Å². The molecule has 1 aliphatic heterocycles. The van der Waals surface area contributed by atoms with E-state index in [-0.39, 0.29) is 11.8 Å². The summed E-state index contributed by atoms with van der Waals surface area (Å²) in [5.41, 5.74) is 4.93. The van der Waals surface area contributed by atoms with Crippen molar-refractivity contribution in [1.29, 1.82) is 0 Å². The van der Waals surface area contributed by atoms with Crippen LogP contribution in [0, 0.1) is 19.8 Å². The van der Waals surface area contributed by atoms with E-state index in [9.17, 15) is 4.79 Å². The Bertz CT molecular complexity index is 988. The van der Waals surface area contributed by atoms with Gasteiger partial charge in [0.2, 0.25) is 5.91 Å². The highest BCUT2D eigenvalue weighted by molar-refractivity contribution is 5.93. The molecule has 0 saturated carbocycles. The van der Waals surface area contributed by atoms with E-state index in [0.717, 1.165) is 47.7 Å². The minimum absolute atomic E-state index is 0.0662. The Hall–Kier alpha value is -3.28. The van der Waals surface area contributed by atoms with Gasteiger partial charge in [0, 0.05) is 36.7 Å². The third kappa shape index (κ3) is 4.26. The number of benzene rings is 1. The lowest BCUT2D eigenvalue weighted by molar-refractivity contribution is -0.120. The number of aromatic nitrogens is 3. The maximum absolute atomic E-state index is 12.9. The zero-order valence-corrected chi connectivity index (χ0v) is 16.8. The van der Waals surface area contributed by atoms with Crippen LogP contribution in [0.1, 0.15) is 24.0 Å². The molecule has 1 amide bonds. The highest BCUT2D eigenvalue weighted by atomic mass is 16.1. The topological polar surface area (TPSA) is 71.0 Å². The number of hydrogen-bond donors (Lipinski definition) is 1. The molecule has 0 spiro atoms. The first kappa shape index (κ1) is 19.1. The summed E-state index contributed by atoms with van der Waals surface area (Å²) in [4.78, 5) is 19.1. The number of anilines is 2. The second kappa shape index (κ2) is 8.39. The molecule has 1 N–H and O–H groups in total. The molecular weight excluding hydrogens is 362 g/mol. The van der Waals surface area contributed by atoms with Gasteiger partial charge in [0.25, 0.3) is 0 Å². The minimum Gasteiger partial charge on any atom is -0.354 e. The number of rotatable bonds is 4. The van der Waals surface area contributed by atoms with E-state index in [1.165, 1.54) is 5.56 Å². The normalized spacial score (nSPS) is 16.5. The molecule has 1 aliphatic rings. The van der Waals surface area contributed by atoms with E-state index >= 15 is 0 Å². The first-order valence-corrected chi connectivity index (χ1v) is 9.98.